The molecule has 0 spiro atoms. The fraction of sp³-hybridized carbons (Fsp3) is 0.130. The molecule has 5 nitrogen and oxygen atoms in total. The van der Waals surface area contributed by atoms with Crippen molar-refractivity contribution in [2.24, 2.45) is 0 Å². The van der Waals surface area contributed by atoms with E-state index in [2.05, 4.69) is 39.2 Å². The second kappa shape index (κ2) is 9.11. The van der Waals surface area contributed by atoms with Crippen molar-refractivity contribution >= 4 is 39.4 Å². The van der Waals surface area contributed by atoms with Crippen LogP contribution in [0.1, 0.15) is 20.9 Å². The van der Waals surface area contributed by atoms with Crippen molar-refractivity contribution in [3.05, 3.63) is 82.2 Å². The Bertz CT molecular complexity index is 1140. The average Bonchev–Trinajstić information content (AvgIpc) is 3.43. The number of thiophene rings is 1. The van der Waals surface area contributed by atoms with Crippen molar-refractivity contribution in [1.82, 2.24) is 10.3 Å². The lowest BCUT2D eigenvalue weighted by Gasteiger charge is -2.08. The summed E-state index contributed by atoms with van der Waals surface area (Å²) in [7, 11) is 1.62. The van der Waals surface area contributed by atoms with E-state index in [9.17, 15) is 4.79 Å². The molecule has 0 bridgehead atoms. The molecule has 0 aliphatic carbocycles. The Balaban J connectivity index is 1.40. The Labute approximate surface area is 183 Å². The number of methoxy groups -OCH3 is 1. The van der Waals surface area contributed by atoms with Crippen molar-refractivity contribution in [3.63, 3.8) is 0 Å². The summed E-state index contributed by atoms with van der Waals surface area (Å²) in [4.78, 5) is 19.0. The fourth-order valence-corrected chi connectivity index (χ4v) is 4.64. The van der Waals surface area contributed by atoms with Gasteiger partial charge in [0.2, 0.25) is 0 Å². The van der Waals surface area contributed by atoms with E-state index in [1.807, 2.05) is 49.4 Å². The second-order valence-corrected chi connectivity index (χ2v) is 8.56. The van der Waals surface area contributed by atoms with Crippen LogP contribution in [0.5, 0.6) is 5.75 Å². The summed E-state index contributed by atoms with van der Waals surface area (Å²) >= 11 is 3.04. The summed E-state index contributed by atoms with van der Waals surface area (Å²) in [5, 5.41) is 8.95. The number of ether oxygens (including phenoxy) is 1. The molecule has 7 heteroatoms. The molecular weight excluding hydrogens is 414 g/mol. The van der Waals surface area contributed by atoms with Gasteiger partial charge in [0.15, 0.2) is 5.13 Å². The van der Waals surface area contributed by atoms with Gasteiger partial charge in [0.25, 0.3) is 5.91 Å². The van der Waals surface area contributed by atoms with Crippen LogP contribution in [-0.4, -0.2) is 18.0 Å². The third kappa shape index (κ3) is 4.53. The number of para-hydroxylation sites is 2. The number of aromatic nitrogens is 1. The standard InChI is InChI=1S/C23H21N3O2S2/c1-15-21(30-23(25-15)26-18-6-3-4-7-19(18)28-2)22(27)24-14-16-9-11-17(12-10-16)20-8-5-13-29-20/h3-13H,14H2,1-2H3,(H,24,27)(H,25,26). The van der Waals surface area contributed by atoms with Gasteiger partial charge in [0.05, 0.1) is 18.5 Å². The van der Waals surface area contributed by atoms with Crippen LogP contribution in [0.4, 0.5) is 10.8 Å². The molecule has 2 aromatic heterocycles. The second-order valence-electron chi connectivity index (χ2n) is 6.62. The molecule has 0 unspecified atom stereocenters. The maximum absolute atomic E-state index is 12.7. The number of carbonyl (C=O) groups excluding carboxylic acids is 1. The molecule has 0 fully saturated rings. The molecular formula is C23H21N3O2S2. The first-order valence-electron chi connectivity index (χ1n) is 9.42. The first-order valence-corrected chi connectivity index (χ1v) is 11.1. The van der Waals surface area contributed by atoms with Gasteiger partial charge in [-0.05, 0) is 41.6 Å². The maximum Gasteiger partial charge on any atom is 0.263 e. The Morgan fingerprint density at radius 1 is 1.07 bits per heavy atom. The van der Waals surface area contributed by atoms with Gasteiger partial charge < -0.3 is 15.4 Å². The van der Waals surface area contributed by atoms with Crippen LogP contribution in [0.25, 0.3) is 10.4 Å². The minimum absolute atomic E-state index is 0.125. The van der Waals surface area contributed by atoms with Crippen molar-refractivity contribution in [1.29, 1.82) is 0 Å². The summed E-state index contributed by atoms with van der Waals surface area (Å²) in [6.07, 6.45) is 0. The number of rotatable bonds is 7. The molecule has 30 heavy (non-hydrogen) atoms. The van der Waals surface area contributed by atoms with Gasteiger partial charge in [-0.2, -0.15) is 0 Å². The number of nitrogens with one attached hydrogen (secondary N) is 2. The molecule has 0 saturated carbocycles. The van der Waals surface area contributed by atoms with Crippen molar-refractivity contribution in [3.8, 4) is 16.2 Å². The number of carbonyl (C=O) groups is 1. The summed E-state index contributed by atoms with van der Waals surface area (Å²) < 4.78 is 5.36. The van der Waals surface area contributed by atoms with Gasteiger partial charge in [-0.25, -0.2) is 4.98 Å². The van der Waals surface area contributed by atoms with E-state index >= 15 is 0 Å². The molecule has 0 saturated heterocycles. The molecule has 0 atom stereocenters. The number of benzene rings is 2. The van der Waals surface area contributed by atoms with Crippen LogP contribution in [0, 0.1) is 6.92 Å². The zero-order valence-electron chi connectivity index (χ0n) is 16.6. The highest BCUT2D eigenvalue weighted by Crippen LogP contribution is 2.31. The topological polar surface area (TPSA) is 63.2 Å². The zero-order chi connectivity index (χ0) is 20.9. The monoisotopic (exact) mass is 435 g/mol. The highest BCUT2D eigenvalue weighted by atomic mass is 32.1. The number of nitrogens with zero attached hydrogens (tertiary/aromatic N) is 1. The molecule has 4 aromatic rings. The van der Waals surface area contributed by atoms with E-state index in [-0.39, 0.29) is 5.91 Å². The highest BCUT2D eigenvalue weighted by Gasteiger charge is 2.16. The smallest absolute Gasteiger partial charge is 0.263 e. The van der Waals surface area contributed by atoms with Gasteiger partial charge in [-0.3, -0.25) is 4.79 Å². The number of thiazole rings is 1. The van der Waals surface area contributed by atoms with Crippen molar-refractivity contribution < 1.29 is 9.53 Å². The molecule has 2 N–H and O–H groups in total. The van der Waals surface area contributed by atoms with E-state index in [0.717, 1.165) is 17.0 Å². The van der Waals surface area contributed by atoms with Crippen LogP contribution < -0.4 is 15.4 Å². The molecule has 4 rings (SSSR count). The number of aryl methyl sites for hydroxylation is 1. The third-order valence-electron chi connectivity index (χ3n) is 4.56. The Kier molecular flexibility index (Phi) is 6.11. The van der Waals surface area contributed by atoms with Crippen LogP contribution in [0.3, 0.4) is 0 Å². The van der Waals surface area contributed by atoms with Crippen molar-refractivity contribution in [2.75, 3.05) is 12.4 Å². The van der Waals surface area contributed by atoms with Gasteiger partial charge in [-0.15, -0.1) is 11.3 Å². The lowest BCUT2D eigenvalue weighted by Crippen LogP contribution is -2.22. The maximum atomic E-state index is 12.7. The molecule has 2 aromatic carbocycles. The van der Waals surface area contributed by atoms with Crippen LogP contribution in [0.2, 0.25) is 0 Å². The molecule has 152 valence electrons. The van der Waals surface area contributed by atoms with Gasteiger partial charge in [0, 0.05) is 11.4 Å². The number of hydrogen-bond acceptors (Lipinski definition) is 6. The molecule has 2 heterocycles. The normalized spacial score (nSPS) is 10.6. The Morgan fingerprint density at radius 2 is 1.87 bits per heavy atom. The molecule has 0 aliphatic rings. The average molecular weight is 436 g/mol. The van der Waals surface area contributed by atoms with Crippen LogP contribution in [0.15, 0.2) is 66.0 Å². The summed E-state index contributed by atoms with van der Waals surface area (Å²) in [5.74, 6) is 0.600. The number of anilines is 2. The van der Waals surface area contributed by atoms with E-state index in [0.29, 0.717) is 22.2 Å². The minimum Gasteiger partial charge on any atom is -0.495 e. The van der Waals surface area contributed by atoms with E-state index < -0.39 is 0 Å². The number of amides is 1. The summed E-state index contributed by atoms with van der Waals surface area (Å²) in [6.45, 7) is 2.31. The SMILES string of the molecule is COc1ccccc1Nc1nc(C)c(C(=O)NCc2ccc(-c3cccs3)cc2)s1. The fourth-order valence-electron chi connectivity index (χ4n) is 3.02. The zero-order valence-corrected chi connectivity index (χ0v) is 18.3. The van der Waals surface area contributed by atoms with E-state index in [4.69, 9.17) is 4.74 Å². The minimum atomic E-state index is -0.125. The molecule has 1 amide bonds. The predicted octanol–water partition coefficient (Wildman–Crippen LogP) is 5.86. The number of hydrogen-bond donors (Lipinski definition) is 2. The highest BCUT2D eigenvalue weighted by molar-refractivity contribution is 7.17. The Hall–Kier alpha value is -3.16. The quantitative estimate of drug-likeness (QED) is 0.381. The van der Waals surface area contributed by atoms with Gasteiger partial charge in [-0.1, -0.05) is 53.8 Å². The lowest BCUT2D eigenvalue weighted by atomic mass is 10.1. The van der Waals surface area contributed by atoms with Crippen LogP contribution >= 0.6 is 22.7 Å². The van der Waals surface area contributed by atoms with Gasteiger partial charge in [0.1, 0.15) is 10.6 Å². The van der Waals surface area contributed by atoms with Crippen molar-refractivity contribution in [2.45, 2.75) is 13.5 Å². The Morgan fingerprint density at radius 3 is 2.60 bits per heavy atom. The molecule has 0 aliphatic heterocycles. The largest absolute Gasteiger partial charge is 0.495 e. The van der Waals surface area contributed by atoms with E-state index in [1.165, 1.54) is 21.8 Å². The third-order valence-corrected chi connectivity index (χ3v) is 6.55. The van der Waals surface area contributed by atoms with Crippen LogP contribution in [-0.2, 0) is 6.54 Å². The first kappa shape index (κ1) is 20.1. The summed E-state index contributed by atoms with van der Waals surface area (Å²) in [6, 6.07) is 20.0. The predicted molar refractivity (Wildman–Crippen MR) is 124 cm³/mol. The summed E-state index contributed by atoms with van der Waals surface area (Å²) in [5.41, 5.74) is 3.75. The first-order chi connectivity index (χ1) is 14.6. The van der Waals surface area contributed by atoms with Gasteiger partial charge >= 0.3 is 0 Å². The van der Waals surface area contributed by atoms with E-state index in [1.54, 1.807) is 18.4 Å². The molecule has 0 radical (unpaired) electrons. The lowest BCUT2D eigenvalue weighted by molar-refractivity contribution is 0.0954.